The van der Waals surface area contributed by atoms with Gasteiger partial charge in [-0.2, -0.15) is 5.10 Å². The van der Waals surface area contributed by atoms with E-state index < -0.39 is 0 Å². The molecule has 0 spiro atoms. The predicted molar refractivity (Wildman–Crippen MR) is 82.7 cm³/mol. The first-order valence-electron chi connectivity index (χ1n) is 6.46. The summed E-state index contributed by atoms with van der Waals surface area (Å²) in [4.78, 5) is 12.4. The maximum Gasteiger partial charge on any atom is 0.255 e. The van der Waals surface area contributed by atoms with Crippen LogP contribution in [0.3, 0.4) is 0 Å². The third-order valence-electron chi connectivity index (χ3n) is 3.43. The average Bonchev–Trinajstić information content (AvgIpc) is 2.63. The quantitative estimate of drug-likeness (QED) is 0.935. The van der Waals surface area contributed by atoms with Crippen LogP contribution in [0.4, 0.5) is 0 Å². The summed E-state index contributed by atoms with van der Waals surface area (Å²) in [5.74, 6) is -0.0828. The predicted octanol–water partition coefficient (Wildman–Crippen LogP) is 3.29. The highest BCUT2D eigenvalue weighted by Crippen LogP contribution is 2.19. The van der Waals surface area contributed by atoms with Crippen molar-refractivity contribution in [3.8, 4) is 0 Å². The Balaban J connectivity index is 2.19. The molecule has 1 N–H and O–H groups in total. The molecule has 1 aromatic carbocycles. The summed E-state index contributed by atoms with van der Waals surface area (Å²) < 4.78 is 2.73. The van der Waals surface area contributed by atoms with E-state index >= 15 is 0 Å². The van der Waals surface area contributed by atoms with Crippen LogP contribution < -0.4 is 5.32 Å². The van der Waals surface area contributed by atoms with E-state index in [1.807, 2.05) is 52.1 Å². The van der Waals surface area contributed by atoms with Crippen LogP contribution in [0.5, 0.6) is 0 Å². The van der Waals surface area contributed by atoms with Crippen LogP contribution in [0.15, 0.2) is 28.7 Å². The Labute approximate surface area is 127 Å². The van der Waals surface area contributed by atoms with E-state index in [1.165, 1.54) is 0 Å². The average molecular weight is 336 g/mol. The fraction of sp³-hybridized carbons (Fsp3) is 0.333. The number of benzene rings is 1. The van der Waals surface area contributed by atoms with Crippen LogP contribution in [0.2, 0.25) is 0 Å². The number of hydrogen-bond donors (Lipinski definition) is 1. The molecule has 1 amide bonds. The van der Waals surface area contributed by atoms with Gasteiger partial charge in [0.2, 0.25) is 0 Å². The summed E-state index contributed by atoms with van der Waals surface area (Å²) in [7, 11) is 1.84. The Morgan fingerprint density at radius 1 is 1.40 bits per heavy atom. The second-order valence-corrected chi connectivity index (χ2v) is 5.84. The minimum Gasteiger partial charge on any atom is -0.345 e. The number of hydrogen-bond acceptors (Lipinski definition) is 2. The monoisotopic (exact) mass is 335 g/mol. The highest BCUT2D eigenvalue weighted by molar-refractivity contribution is 9.10. The molecule has 20 heavy (non-hydrogen) atoms. The van der Waals surface area contributed by atoms with Crippen molar-refractivity contribution in [3.05, 3.63) is 51.3 Å². The first-order valence-corrected chi connectivity index (χ1v) is 7.26. The van der Waals surface area contributed by atoms with Gasteiger partial charge in [0.15, 0.2) is 0 Å². The molecule has 0 radical (unpaired) electrons. The number of nitrogens with one attached hydrogen (secondary N) is 1. The van der Waals surface area contributed by atoms with Gasteiger partial charge < -0.3 is 5.32 Å². The van der Waals surface area contributed by atoms with Gasteiger partial charge in [-0.25, -0.2) is 0 Å². The third kappa shape index (κ3) is 2.93. The van der Waals surface area contributed by atoms with E-state index in [0.717, 1.165) is 21.4 Å². The van der Waals surface area contributed by atoms with Crippen LogP contribution in [0.25, 0.3) is 0 Å². The van der Waals surface area contributed by atoms with Gasteiger partial charge in [-0.15, -0.1) is 0 Å². The minimum atomic E-state index is -0.0828. The second-order valence-electron chi connectivity index (χ2n) is 4.92. The summed E-state index contributed by atoms with van der Waals surface area (Å²) >= 11 is 3.44. The number of carbonyl (C=O) groups excluding carboxylic acids is 1. The lowest BCUT2D eigenvalue weighted by molar-refractivity contribution is 0.0938. The molecule has 0 saturated heterocycles. The Kier molecular flexibility index (Phi) is 4.28. The highest BCUT2D eigenvalue weighted by atomic mass is 79.9. The van der Waals surface area contributed by atoms with Gasteiger partial charge in [0, 0.05) is 17.2 Å². The van der Waals surface area contributed by atoms with Crippen LogP contribution >= 0.6 is 15.9 Å². The molecule has 0 bridgehead atoms. The van der Waals surface area contributed by atoms with Crippen molar-refractivity contribution in [2.75, 3.05) is 0 Å². The smallest absolute Gasteiger partial charge is 0.255 e. The number of rotatable bonds is 3. The molecule has 2 aromatic rings. The molecule has 0 fully saturated rings. The lowest BCUT2D eigenvalue weighted by Crippen LogP contribution is -2.27. The van der Waals surface area contributed by atoms with Crippen molar-refractivity contribution in [2.24, 2.45) is 7.05 Å². The molecule has 0 aliphatic rings. The summed E-state index contributed by atoms with van der Waals surface area (Å²) in [6.07, 6.45) is 0. The van der Waals surface area contributed by atoms with Gasteiger partial charge >= 0.3 is 0 Å². The van der Waals surface area contributed by atoms with E-state index in [2.05, 4.69) is 26.3 Å². The summed E-state index contributed by atoms with van der Waals surface area (Å²) in [5, 5.41) is 7.30. The van der Waals surface area contributed by atoms with Crippen molar-refractivity contribution < 1.29 is 4.79 Å². The Bertz CT molecular complexity index is 649. The molecule has 1 heterocycles. The van der Waals surface area contributed by atoms with Crippen molar-refractivity contribution in [1.29, 1.82) is 0 Å². The number of aryl methyl sites for hydroxylation is 2. The molecule has 0 saturated carbocycles. The van der Waals surface area contributed by atoms with Crippen molar-refractivity contribution in [2.45, 2.75) is 26.8 Å². The van der Waals surface area contributed by atoms with E-state index in [1.54, 1.807) is 4.68 Å². The van der Waals surface area contributed by atoms with Crippen molar-refractivity contribution in [1.82, 2.24) is 15.1 Å². The third-order valence-corrected chi connectivity index (χ3v) is 3.93. The largest absolute Gasteiger partial charge is 0.345 e. The Hall–Kier alpha value is -1.62. The minimum absolute atomic E-state index is 0.0565. The van der Waals surface area contributed by atoms with Gasteiger partial charge in [-0.1, -0.05) is 28.1 Å². The van der Waals surface area contributed by atoms with Crippen LogP contribution in [-0.2, 0) is 7.05 Å². The fourth-order valence-electron chi connectivity index (χ4n) is 2.23. The highest BCUT2D eigenvalue weighted by Gasteiger charge is 2.19. The molecule has 1 atom stereocenters. The van der Waals surface area contributed by atoms with Gasteiger partial charge in [-0.05, 0) is 38.5 Å². The number of nitrogens with zero attached hydrogens (tertiary/aromatic N) is 2. The molecule has 1 aromatic heterocycles. The van der Waals surface area contributed by atoms with Crippen LogP contribution in [0, 0.1) is 13.8 Å². The molecule has 0 aliphatic heterocycles. The van der Waals surface area contributed by atoms with Gasteiger partial charge in [-0.3, -0.25) is 9.48 Å². The fourth-order valence-corrected chi connectivity index (χ4v) is 2.65. The molecular weight excluding hydrogens is 318 g/mol. The molecular formula is C15H18BrN3O. The lowest BCUT2D eigenvalue weighted by atomic mass is 10.1. The SMILES string of the molecule is Cc1nn(C)c(C)c1C(=O)NC(C)c1cccc(Br)c1. The van der Waals surface area contributed by atoms with E-state index in [0.29, 0.717) is 5.56 Å². The molecule has 106 valence electrons. The van der Waals surface area contributed by atoms with E-state index in [9.17, 15) is 4.79 Å². The van der Waals surface area contributed by atoms with E-state index in [-0.39, 0.29) is 11.9 Å². The van der Waals surface area contributed by atoms with Crippen molar-refractivity contribution >= 4 is 21.8 Å². The van der Waals surface area contributed by atoms with Crippen LogP contribution in [0.1, 0.15) is 40.3 Å². The van der Waals surface area contributed by atoms with Crippen LogP contribution in [-0.4, -0.2) is 15.7 Å². The maximum atomic E-state index is 12.4. The molecule has 0 aliphatic carbocycles. The lowest BCUT2D eigenvalue weighted by Gasteiger charge is -2.15. The summed E-state index contributed by atoms with van der Waals surface area (Å²) in [6, 6.07) is 7.88. The van der Waals surface area contributed by atoms with Crippen molar-refractivity contribution in [3.63, 3.8) is 0 Å². The number of carbonyl (C=O) groups is 1. The molecule has 2 rings (SSSR count). The zero-order chi connectivity index (χ0) is 14.9. The standard InChI is InChI=1S/C15H18BrN3O/c1-9(12-6-5-7-13(16)8-12)17-15(20)14-10(2)18-19(4)11(14)3/h5-9H,1-4H3,(H,17,20). The van der Waals surface area contributed by atoms with Gasteiger partial charge in [0.05, 0.1) is 17.3 Å². The number of aromatic nitrogens is 2. The second kappa shape index (κ2) is 5.79. The molecule has 4 nitrogen and oxygen atoms in total. The first kappa shape index (κ1) is 14.8. The Morgan fingerprint density at radius 2 is 2.10 bits per heavy atom. The molecule has 1 unspecified atom stereocenters. The Morgan fingerprint density at radius 3 is 2.65 bits per heavy atom. The summed E-state index contributed by atoms with van der Waals surface area (Å²) in [5.41, 5.74) is 3.35. The zero-order valence-corrected chi connectivity index (χ0v) is 13.7. The maximum absolute atomic E-state index is 12.4. The number of halogens is 1. The first-order chi connectivity index (χ1) is 9.40. The number of amides is 1. The zero-order valence-electron chi connectivity index (χ0n) is 12.1. The van der Waals surface area contributed by atoms with Gasteiger partial charge in [0.25, 0.3) is 5.91 Å². The topological polar surface area (TPSA) is 46.9 Å². The normalized spacial score (nSPS) is 12.2. The molecule has 5 heteroatoms. The summed E-state index contributed by atoms with van der Waals surface area (Å²) in [6.45, 7) is 5.73. The van der Waals surface area contributed by atoms with E-state index in [4.69, 9.17) is 0 Å². The van der Waals surface area contributed by atoms with Gasteiger partial charge in [0.1, 0.15) is 0 Å².